The summed E-state index contributed by atoms with van der Waals surface area (Å²) in [6, 6.07) is 13.4. The van der Waals surface area contributed by atoms with Gasteiger partial charge in [-0.05, 0) is 37.1 Å². The van der Waals surface area contributed by atoms with Crippen molar-refractivity contribution in [2.24, 2.45) is 0 Å². The molecule has 0 unspecified atom stereocenters. The lowest BCUT2D eigenvalue weighted by molar-refractivity contribution is -0.137. The van der Waals surface area contributed by atoms with Crippen LogP contribution in [0.1, 0.15) is 16.7 Å². The second-order valence-corrected chi connectivity index (χ2v) is 8.16. The van der Waals surface area contributed by atoms with Gasteiger partial charge in [-0.2, -0.15) is 0 Å². The van der Waals surface area contributed by atoms with Crippen molar-refractivity contribution in [2.45, 2.75) is 13.8 Å². The minimum Gasteiger partial charge on any atom is -0.495 e. The van der Waals surface area contributed by atoms with E-state index in [1.807, 2.05) is 56.3 Å². The third kappa shape index (κ3) is 4.54. The molecule has 2 aliphatic rings. The van der Waals surface area contributed by atoms with Crippen LogP contribution in [0, 0.1) is 13.8 Å². The van der Waals surface area contributed by atoms with E-state index >= 15 is 0 Å². The first-order chi connectivity index (χ1) is 15.5. The van der Waals surface area contributed by atoms with Crippen LogP contribution in [0.25, 0.3) is 5.57 Å². The summed E-state index contributed by atoms with van der Waals surface area (Å²) in [4.78, 5) is 30.4. The maximum Gasteiger partial charge on any atom is 0.278 e. The Kier molecular flexibility index (Phi) is 6.58. The molecule has 168 valence electrons. The van der Waals surface area contributed by atoms with E-state index in [1.165, 1.54) is 4.90 Å². The zero-order chi connectivity index (χ0) is 22.7. The molecule has 1 fully saturated rings. The normalized spacial score (nSPS) is 17.3. The summed E-state index contributed by atoms with van der Waals surface area (Å²) in [7, 11) is 1.58. The van der Waals surface area contributed by atoms with Crippen LogP contribution in [0.4, 0.5) is 5.69 Å². The van der Waals surface area contributed by atoms with Crippen molar-refractivity contribution in [1.29, 1.82) is 0 Å². The van der Waals surface area contributed by atoms with Crippen molar-refractivity contribution in [1.82, 2.24) is 9.80 Å². The van der Waals surface area contributed by atoms with Gasteiger partial charge in [-0.15, -0.1) is 0 Å². The number of methoxy groups -OCH3 is 1. The SMILES string of the molecule is COc1ccc(C)cc1NC1=C(c2ccc(C)cc2)C(=O)N(CCN2CCOCC2)C1=O. The molecule has 0 aromatic heterocycles. The topological polar surface area (TPSA) is 71.1 Å². The number of morpholine rings is 1. The van der Waals surface area contributed by atoms with Crippen molar-refractivity contribution < 1.29 is 19.1 Å². The Morgan fingerprint density at radius 3 is 2.31 bits per heavy atom. The molecule has 0 aliphatic carbocycles. The number of ether oxygens (including phenoxy) is 2. The first-order valence-corrected chi connectivity index (χ1v) is 10.9. The molecule has 2 aromatic rings. The summed E-state index contributed by atoms with van der Waals surface area (Å²) in [5.74, 6) is 0.0157. The van der Waals surface area contributed by atoms with Crippen LogP contribution in [0.2, 0.25) is 0 Å². The highest BCUT2D eigenvalue weighted by Gasteiger charge is 2.39. The highest BCUT2D eigenvalue weighted by molar-refractivity contribution is 6.36. The van der Waals surface area contributed by atoms with Crippen LogP contribution in [0.3, 0.4) is 0 Å². The second-order valence-electron chi connectivity index (χ2n) is 8.16. The van der Waals surface area contributed by atoms with Gasteiger partial charge in [-0.25, -0.2) is 0 Å². The Labute approximate surface area is 188 Å². The Morgan fingerprint density at radius 1 is 0.938 bits per heavy atom. The number of nitrogens with zero attached hydrogens (tertiary/aromatic N) is 2. The summed E-state index contributed by atoms with van der Waals surface area (Å²) in [5, 5.41) is 3.22. The Hall–Kier alpha value is -3.16. The number of hydrogen-bond donors (Lipinski definition) is 1. The van der Waals surface area contributed by atoms with Gasteiger partial charge in [0.15, 0.2) is 0 Å². The van der Waals surface area contributed by atoms with Gasteiger partial charge in [0.25, 0.3) is 11.8 Å². The van der Waals surface area contributed by atoms with E-state index in [4.69, 9.17) is 9.47 Å². The van der Waals surface area contributed by atoms with Gasteiger partial charge >= 0.3 is 0 Å². The Balaban J connectivity index is 1.66. The van der Waals surface area contributed by atoms with Gasteiger partial charge < -0.3 is 14.8 Å². The molecule has 2 heterocycles. The monoisotopic (exact) mass is 435 g/mol. The number of nitrogens with one attached hydrogen (secondary N) is 1. The lowest BCUT2D eigenvalue weighted by Gasteiger charge is -2.28. The average molecular weight is 436 g/mol. The maximum atomic E-state index is 13.4. The molecule has 2 aliphatic heterocycles. The Bertz CT molecular complexity index is 1040. The number of benzene rings is 2. The van der Waals surface area contributed by atoms with E-state index in [2.05, 4.69) is 10.2 Å². The number of hydrogen-bond acceptors (Lipinski definition) is 6. The smallest absolute Gasteiger partial charge is 0.278 e. The Morgan fingerprint density at radius 2 is 1.62 bits per heavy atom. The first-order valence-electron chi connectivity index (χ1n) is 10.9. The molecule has 7 heteroatoms. The minimum absolute atomic E-state index is 0.277. The van der Waals surface area contributed by atoms with Crippen molar-refractivity contribution in [2.75, 3.05) is 51.8 Å². The number of rotatable bonds is 7. The van der Waals surface area contributed by atoms with E-state index < -0.39 is 0 Å². The van der Waals surface area contributed by atoms with Gasteiger partial charge in [0, 0.05) is 26.2 Å². The number of imide groups is 1. The van der Waals surface area contributed by atoms with Crippen molar-refractivity contribution in [3.05, 3.63) is 64.9 Å². The molecule has 0 bridgehead atoms. The summed E-state index contributed by atoms with van der Waals surface area (Å²) in [6.07, 6.45) is 0. The summed E-state index contributed by atoms with van der Waals surface area (Å²) in [5.41, 5.74) is 4.15. The molecule has 4 rings (SSSR count). The average Bonchev–Trinajstić information content (AvgIpc) is 3.03. The molecule has 0 saturated carbocycles. The van der Waals surface area contributed by atoms with Crippen LogP contribution >= 0.6 is 0 Å². The standard InChI is InChI=1S/C25H29N3O4/c1-17-4-7-19(8-5-17)22-23(26-20-16-18(2)6-9-21(20)31-3)25(30)28(24(22)29)11-10-27-12-14-32-15-13-27/h4-9,16,26H,10-15H2,1-3H3. The molecule has 0 spiro atoms. The van der Waals surface area contributed by atoms with E-state index in [0.29, 0.717) is 43.3 Å². The van der Waals surface area contributed by atoms with E-state index in [9.17, 15) is 9.59 Å². The number of aryl methyl sites for hydroxylation is 2. The summed E-state index contributed by atoms with van der Waals surface area (Å²) < 4.78 is 10.9. The van der Waals surface area contributed by atoms with Crippen LogP contribution < -0.4 is 10.1 Å². The highest BCUT2D eigenvalue weighted by atomic mass is 16.5. The third-order valence-electron chi connectivity index (χ3n) is 5.87. The van der Waals surface area contributed by atoms with Gasteiger partial charge in [0.1, 0.15) is 11.4 Å². The lowest BCUT2D eigenvalue weighted by Crippen LogP contribution is -2.43. The fourth-order valence-electron chi connectivity index (χ4n) is 4.00. The molecule has 2 amide bonds. The summed E-state index contributed by atoms with van der Waals surface area (Å²) in [6.45, 7) is 7.89. The zero-order valence-electron chi connectivity index (χ0n) is 18.8. The number of anilines is 1. The number of carbonyl (C=O) groups is 2. The van der Waals surface area contributed by atoms with Gasteiger partial charge in [0.2, 0.25) is 0 Å². The molecule has 0 atom stereocenters. The molecule has 7 nitrogen and oxygen atoms in total. The molecular weight excluding hydrogens is 406 g/mol. The predicted octanol–water partition coefficient (Wildman–Crippen LogP) is 2.84. The lowest BCUT2D eigenvalue weighted by atomic mass is 10.0. The van der Waals surface area contributed by atoms with Crippen LogP contribution in [-0.4, -0.2) is 68.1 Å². The van der Waals surface area contributed by atoms with E-state index in [-0.39, 0.29) is 17.5 Å². The maximum absolute atomic E-state index is 13.4. The molecule has 0 radical (unpaired) electrons. The largest absolute Gasteiger partial charge is 0.495 e. The first kappa shape index (κ1) is 22.0. The fraction of sp³-hybridized carbons (Fsp3) is 0.360. The second kappa shape index (κ2) is 9.54. The van der Waals surface area contributed by atoms with Crippen molar-refractivity contribution in [3.8, 4) is 5.75 Å². The van der Waals surface area contributed by atoms with Crippen LogP contribution in [0.15, 0.2) is 48.2 Å². The minimum atomic E-state index is -0.317. The van der Waals surface area contributed by atoms with Gasteiger partial charge in [-0.1, -0.05) is 35.9 Å². The summed E-state index contributed by atoms with van der Waals surface area (Å²) >= 11 is 0. The molecule has 2 aromatic carbocycles. The number of carbonyl (C=O) groups excluding carboxylic acids is 2. The number of amides is 2. The molecule has 32 heavy (non-hydrogen) atoms. The molecular formula is C25H29N3O4. The molecule has 1 saturated heterocycles. The van der Waals surface area contributed by atoms with Crippen LogP contribution in [-0.2, 0) is 14.3 Å². The highest BCUT2D eigenvalue weighted by Crippen LogP contribution is 2.34. The quantitative estimate of drug-likeness (QED) is 0.675. The van der Waals surface area contributed by atoms with Crippen LogP contribution in [0.5, 0.6) is 5.75 Å². The van der Waals surface area contributed by atoms with E-state index in [0.717, 1.165) is 29.8 Å². The predicted molar refractivity (Wildman–Crippen MR) is 123 cm³/mol. The fourth-order valence-corrected chi connectivity index (χ4v) is 4.00. The molecule has 1 N–H and O–H groups in total. The van der Waals surface area contributed by atoms with Gasteiger partial charge in [-0.3, -0.25) is 19.4 Å². The van der Waals surface area contributed by atoms with Crippen molar-refractivity contribution in [3.63, 3.8) is 0 Å². The third-order valence-corrected chi connectivity index (χ3v) is 5.87. The van der Waals surface area contributed by atoms with E-state index in [1.54, 1.807) is 7.11 Å². The van der Waals surface area contributed by atoms with Gasteiger partial charge in [0.05, 0.1) is 31.6 Å². The van der Waals surface area contributed by atoms with Crippen molar-refractivity contribution >= 4 is 23.1 Å². The zero-order valence-corrected chi connectivity index (χ0v) is 18.8.